The van der Waals surface area contributed by atoms with E-state index in [2.05, 4.69) is 27.6 Å². The van der Waals surface area contributed by atoms with E-state index < -0.39 is 0 Å². The average Bonchev–Trinajstić information content (AvgIpc) is 3.47. The number of aryl methyl sites for hydroxylation is 1. The Hall–Kier alpha value is -2.71. The van der Waals surface area contributed by atoms with Crippen molar-refractivity contribution in [3.63, 3.8) is 0 Å². The van der Waals surface area contributed by atoms with Crippen LogP contribution in [0.1, 0.15) is 25.3 Å². The Kier molecular flexibility index (Phi) is 7.55. The molecular formula is C24H27FN4O2S. The number of carbonyl (C=O) groups is 1. The molecule has 1 N–H and O–H groups in total. The van der Waals surface area contributed by atoms with E-state index in [1.807, 2.05) is 29.7 Å². The molecule has 0 aliphatic carbocycles. The standard InChI is InChI=1S/C24H27FN4O2S/c1-17(23(30)26-16-19-10-7-15-31-19)32-24-28-27-22(20-11-5-6-12-21(20)25)29(24)14-13-18-8-3-2-4-9-18/h2-6,8-9,11-12,17,19H,7,10,13-16H2,1H3,(H,26,30)/t17-,19-/m1/s1. The van der Waals surface area contributed by atoms with Crippen molar-refractivity contribution in [2.75, 3.05) is 13.2 Å². The summed E-state index contributed by atoms with van der Waals surface area (Å²) in [4.78, 5) is 12.6. The molecule has 1 aliphatic rings. The number of benzene rings is 2. The van der Waals surface area contributed by atoms with Crippen LogP contribution in [0.2, 0.25) is 0 Å². The van der Waals surface area contributed by atoms with Crippen LogP contribution in [0.25, 0.3) is 11.4 Å². The van der Waals surface area contributed by atoms with Crippen molar-refractivity contribution < 1.29 is 13.9 Å². The van der Waals surface area contributed by atoms with Gasteiger partial charge in [0.1, 0.15) is 5.82 Å². The number of ether oxygens (including phenoxy) is 1. The molecule has 2 atom stereocenters. The Morgan fingerprint density at radius 3 is 2.75 bits per heavy atom. The summed E-state index contributed by atoms with van der Waals surface area (Å²) in [6.45, 7) is 3.70. The molecule has 1 aliphatic heterocycles. The van der Waals surface area contributed by atoms with Gasteiger partial charge in [0.05, 0.1) is 16.9 Å². The van der Waals surface area contributed by atoms with Gasteiger partial charge in [0.25, 0.3) is 0 Å². The molecule has 8 heteroatoms. The molecule has 0 saturated carbocycles. The van der Waals surface area contributed by atoms with E-state index in [9.17, 15) is 9.18 Å². The molecule has 1 fully saturated rings. The van der Waals surface area contributed by atoms with Gasteiger partial charge >= 0.3 is 0 Å². The molecule has 1 saturated heterocycles. The SMILES string of the molecule is C[C@@H](Sc1nnc(-c2ccccc2F)n1CCc1ccccc1)C(=O)NC[C@H]1CCCO1. The molecule has 0 unspecified atom stereocenters. The Labute approximate surface area is 191 Å². The van der Waals surface area contributed by atoms with Crippen LogP contribution < -0.4 is 5.32 Å². The number of nitrogens with zero attached hydrogens (tertiary/aromatic N) is 3. The van der Waals surface area contributed by atoms with Crippen LogP contribution in [-0.4, -0.2) is 45.2 Å². The summed E-state index contributed by atoms with van der Waals surface area (Å²) in [7, 11) is 0. The second kappa shape index (κ2) is 10.7. The van der Waals surface area contributed by atoms with E-state index in [1.165, 1.54) is 23.4 Å². The average molecular weight is 455 g/mol. The number of carbonyl (C=O) groups excluding carboxylic acids is 1. The quantitative estimate of drug-likeness (QED) is 0.493. The fraction of sp³-hybridized carbons (Fsp3) is 0.375. The number of hydrogen-bond acceptors (Lipinski definition) is 5. The Morgan fingerprint density at radius 2 is 2.00 bits per heavy atom. The van der Waals surface area contributed by atoms with Crippen molar-refractivity contribution in [2.24, 2.45) is 0 Å². The Morgan fingerprint density at radius 1 is 1.22 bits per heavy atom. The third-order valence-corrected chi connectivity index (χ3v) is 6.56. The number of amides is 1. The van der Waals surface area contributed by atoms with E-state index in [4.69, 9.17) is 4.74 Å². The molecule has 0 bridgehead atoms. The normalized spacial score (nSPS) is 16.8. The van der Waals surface area contributed by atoms with Crippen molar-refractivity contribution in [3.05, 3.63) is 66.0 Å². The predicted molar refractivity (Wildman–Crippen MR) is 123 cm³/mol. The van der Waals surface area contributed by atoms with Gasteiger partial charge in [-0.05, 0) is 43.9 Å². The molecule has 168 valence electrons. The lowest BCUT2D eigenvalue weighted by Gasteiger charge is -2.15. The van der Waals surface area contributed by atoms with Crippen LogP contribution in [0.4, 0.5) is 4.39 Å². The number of rotatable bonds is 9. The van der Waals surface area contributed by atoms with Gasteiger partial charge in [-0.25, -0.2) is 4.39 Å². The van der Waals surface area contributed by atoms with Gasteiger partial charge in [0.2, 0.25) is 5.91 Å². The first-order chi connectivity index (χ1) is 15.6. The van der Waals surface area contributed by atoms with Gasteiger partial charge in [0, 0.05) is 19.7 Å². The van der Waals surface area contributed by atoms with E-state index in [0.717, 1.165) is 25.9 Å². The van der Waals surface area contributed by atoms with E-state index in [0.29, 0.717) is 29.6 Å². The van der Waals surface area contributed by atoms with Gasteiger partial charge in [-0.1, -0.05) is 54.2 Å². The monoisotopic (exact) mass is 454 g/mol. The number of nitrogens with one attached hydrogen (secondary N) is 1. The molecule has 4 rings (SSSR count). The molecule has 3 aromatic rings. The summed E-state index contributed by atoms with van der Waals surface area (Å²) in [5.41, 5.74) is 1.56. The number of halogens is 1. The van der Waals surface area contributed by atoms with Crippen LogP contribution in [0.5, 0.6) is 0 Å². The zero-order valence-corrected chi connectivity index (χ0v) is 18.9. The maximum absolute atomic E-state index is 14.5. The largest absolute Gasteiger partial charge is 0.376 e. The molecule has 1 aromatic heterocycles. The first-order valence-electron chi connectivity index (χ1n) is 10.9. The topological polar surface area (TPSA) is 69.0 Å². The summed E-state index contributed by atoms with van der Waals surface area (Å²) in [5, 5.41) is 11.8. The van der Waals surface area contributed by atoms with Gasteiger partial charge in [-0.3, -0.25) is 4.79 Å². The Bertz CT molecular complexity index is 1040. The molecule has 1 amide bonds. The van der Waals surface area contributed by atoms with Gasteiger partial charge in [-0.2, -0.15) is 0 Å². The molecule has 0 radical (unpaired) electrons. The van der Waals surface area contributed by atoms with Gasteiger partial charge < -0.3 is 14.6 Å². The predicted octanol–water partition coefficient (Wildman–Crippen LogP) is 4.10. The lowest BCUT2D eigenvalue weighted by atomic mass is 10.1. The van der Waals surface area contributed by atoms with Crippen molar-refractivity contribution in [1.29, 1.82) is 0 Å². The number of thioether (sulfide) groups is 1. The lowest BCUT2D eigenvalue weighted by Crippen LogP contribution is -2.36. The Balaban J connectivity index is 1.51. The lowest BCUT2D eigenvalue weighted by molar-refractivity contribution is -0.120. The maximum atomic E-state index is 14.5. The third kappa shape index (κ3) is 5.55. The summed E-state index contributed by atoms with van der Waals surface area (Å²) < 4.78 is 22.0. The zero-order valence-electron chi connectivity index (χ0n) is 18.0. The molecule has 0 spiro atoms. The van der Waals surface area contributed by atoms with Crippen molar-refractivity contribution in [3.8, 4) is 11.4 Å². The summed E-state index contributed by atoms with van der Waals surface area (Å²) in [6, 6.07) is 16.6. The molecule has 2 aromatic carbocycles. The highest BCUT2D eigenvalue weighted by atomic mass is 32.2. The first kappa shape index (κ1) is 22.5. The summed E-state index contributed by atoms with van der Waals surface area (Å²) >= 11 is 1.33. The number of hydrogen-bond donors (Lipinski definition) is 1. The van der Waals surface area contributed by atoms with E-state index in [1.54, 1.807) is 18.2 Å². The van der Waals surface area contributed by atoms with Gasteiger partial charge in [-0.15, -0.1) is 10.2 Å². The van der Waals surface area contributed by atoms with Crippen LogP contribution in [-0.2, 0) is 22.5 Å². The van der Waals surface area contributed by atoms with Crippen molar-refractivity contribution in [1.82, 2.24) is 20.1 Å². The van der Waals surface area contributed by atoms with Crippen molar-refractivity contribution in [2.45, 2.75) is 49.2 Å². The second-order valence-corrected chi connectivity index (χ2v) is 9.12. The minimum atomic E-state index is -0.371. The summed E-state index contributed by atoms with van der Waals surface area (Å²) in [5.74, 6) is 0.0452. The minimum absolute atomic E-state index is 0.0736. The van der Waals surface area contributed by atoms with Gasteiger partial charge in [0.15, 0.2) is 11.0 Å². The van der Waals surface area contributed by atoms with E-state index in [-0.39, 0.29) is 23.1 Å². The van der Waals surface area contributed by atoms with Crippen molar-refractivity contribution >= 4 is 17.7 Å². The fourth-order valence-electron chi connectivity index (χ4n) is 3.68. The van der Waals surface area contributed by atoms with Crippen LogP contribution in [0, 0.1) is 5.82 Å². The molecule has 2 heterocycles. The molecular weight excluding hydrogens is 427 g/mol. The highest BCUT2D eigenvalue weighted by molar-refractivity contribution is 8.00. The highest BCUT2D eigenvalue weighted by Gasteiger charge is 2.23. The smallest absolute Gasteiger partial charge is 0.233 e. The van der Waals surface area contributed by atoms with Crippen LogP contribution in [0.3, 0.4) is 0 Å². The zero-order chi connectivity index (χ0) is 22.3. The molecule has 6 nitrogen and oxygen atoms in total. The fourth-order valence-corrected chi connectivity index (χ4v) is 4.58. The number of aromatic nitrogens is 3. The maximum Gasteiger partial charge on any atom is 0.233 e. The van der Waals surface area contributed by atoms with E-state index >= 15 is 0 Å². The second-order valence-electron chi connectivity index (χ2n) is 7.81. The summed E-state index contributed by atoms with van der Waals surface area (Å²) in [6.07, 6.45) is 2.85. The highest BCUT2D eigenvalue weighted by Crippen LogP contribution is 2.28. The third-order valence-electron chi connectivity index (χ3n) is 5.48. The van der Waals surface area contributed by atoms with Crippen LogP contribution >= 0.6 is 11.8 Å². The molecule has 32 heavy (non-hydrogen) atoms. The minimum Gasteiger partial charge on any atom is -0.376 e. The first-order valence-corrected chi connectivity index (χ1v) is 11.8. The van der Waals surface area contributed by atoms with Crippen LogP contribution in [0.15, 0.2) is 59.8 Å².